The lowest BCUT2D eigenvalue weighted by atomic mass is 9.78. The molecule has 2 N–H and O–H groups in total. The Balaban J connectivity index is 1.29. The predicted octanol–water partition coefficient (Wildman–Crippen LogP) is 5.33. The van der Waals surface area contributed by atoms with Gasteiger partial charge in [-0.1, -0.05) is 69.3 Å². The van der Waals surface area contributed by atoms with Crippen LogP contribution in [0.1, 0.15) is 66.8 Å². The zero-order chi connectivity index (χ0) is 31.1. The molecule has 3 atom stereocenters. The zero-order valence-electron chi connectivity index (χ0n) is 26.4. The molecule has 2 aromatic carbocycles. The first kappa shape index (κ1) is 30.8. The molecule has 0 saturated carbocycles. The van der Waals surface area contributed by atoms with Gasteiger partial charge in [-0.2, -0.15) is 0 Å². The molecule has 43 heavy (non-hydrogen) atoms. The van der Waals surface area contributed by atoms with Crippen LogP contribution in [0.3, 0.4) is 0 Å². The molecule has 2 aliphatic heterocycles. The van der Waals surface area contributed by atoms with E-state index in [1.165, 1.54) is 7.11 Å². The van der Waals surface area contributed by atoms with Crippen molar-refractivity contribution >= 4 is 24.6 Å². The molecule has 0 aliphatic carbocycles. The van der Waals surface area contributed by atoms with Gasteiger partial charge >= 0.3 is 13.2 Å². The van der Waals surface area contributed by atoms with E-state index in [4.69, 9.17) is 14.0 Å². The number of benzene rings is 2. The van der Waals surface area contributed by atoms with Crippen molar-refractivity contribution in [2.45, 2.75) is 78.2 Å². The highest BCUT2D eigenvalue weighted by Gasteiger charge is 2.51. The molecular formula is C33H43BN4O5. The zero-order valence-corrected chi connectivity index (χ0v) is 26.4. The smallest absolute Gasteiger partial charge is 0.453 e. The van der Waals surface area contributed by atoms with Gasteiger partial charge in [-0.3, -0.25) is 4.79 Å². The Bertz CT molecular complexity index is 1430. The Morgan fingerprint density at radius 3 is 2.12 bits per heavy atom. The van der Waals surface area contributed by atoms with Crippen LogP contribution in [-0.2, 0) is 18.8 Å². The number of carbonyl (C=O) groups is 2. The van der Waals surface area contributed by atoms with Crippen molar-refractivity contribution < 1.29 is 23.6 Å². The fraction of sp³-hybridized carbons (Fsp3) is 0.485. The summed E-state index contributed by atoms with van der Waals surface area (Å²) in [7, 11) is 0.915. The first-order valence-electron chi connectivity index (χ1n) is 15.1. The maximum atomic E-state index is 13.6. The number of aromatic amines is 1. The molecule has 0 bridgehead atoms. The van der Waals surface area contributed by atoms with Crippen molar-refractivity contribution in [1.29, 1.82) is 0 Å². The average Bonchev–Trinajstić information content (AvgIpc) is 3.66. The van der Waals surface area contributed by atoms with Crippen molar-refractivity contribution in [2.75, 3.05) is 13.7 Å². The highest BCUT2D eigenvalue weighted by atomic mass is 16.7. The molecule has 0 radical (unpaired) electrons. The van der Waals surface area contributed by atoms with Gasteiger partial charge in [-0.15, -0.1) is 0 Å². The highest BCUT2D eigenvalue weighted by Crippen LogP contribution is 2.37. The Hall–Kier alpha value is -3.63. The maximum absolute atomic E-state index is 13.6. The number of nitrogens with zero attached hydrogens (tertiary/aromatic N) is 2. The summed E-state index contributed by atoms with van der Waals surface area (Å²) in [4.78, 5) is 35.5. The third-order valence-corrected chi connectivity index (χ3v) is 9.06. The lowest BCUT2D eigenvalue weighted by Crippen LogP contribution is -2.51. The maximum Gasteiger partial charge on any atom is 0.494 e. The second-order valence-corrected chi connectivity index (χ2v) is 13.2. The Morgan fingerprint density at radius 1 is 1.00 bits per heavy atom. The van der Waals surface area contributed by atoms with Crippen molar-refractivity contribution in [3.63, 3.8) is 0 Å². The largest absolute Gasteiger partial charge is 0.494 e. The minimum Gasteiger partial charge on any atom is -0.453 e. The molecule has 3 heterocycles. The molecule has 0 spiro atoms. The number of hydrogen-bond donors (Lipinski definition) is 2. The summed E-state index contributed by atoms with van der Waals surface area (Å²) in [5.41, 5.74) is 4.35. The molecule has 2 saturated heterocycles. The molecule has 10 heteroatoms. The van der Waals surface area contributed by atoms with Gasteiger partial charge in [0.05, 0.1) is 36.2 Å². The average molecular weight is 587 g/mol. The minimum absolute atomic E-state index is 0.0892. The van der Waals surface area contributed by atoms with Crippen LogP contribution >= 0.6 is 0 Å². The molecule has 1 aromatic heterocycles. The Kier molecular flexibility index (Phi) is 8.46. The van der Waals surface area contributed by atoms with Crippen LogP contribution in [0.4, 0.5) is 4.79 Å². The first-order valence-corrected chi connectivity index (χ1v) is 15.1. The number of likely N-dealkylation sites (tertiary alicyclic amines) is 1. The summed E-state index contributed by atoms with van der Waals surface area (Å²) in [6, 6.07) is 15.8. The molecule has 9 nitrogen and oxygen atoms in total. The van der Waals surface area contributed by atoms with E-state index >= 15 is 0 Å². The van der Waals surface area contributed by atoms with Crippen molar-refractivity contribution in [3.05, 3.63) is 60.6 Å². The first-order chi connectivity index (χ1) is 20.3. The van der Waals surface area contributed by atoms with E-state index in [9.17, 15) is 9.59 Å². The second-order valence-electron chi connectivity index (χ2n) is 13.2. The number of alkyl carbamates (subject to hydrolysis) is 1. The van der Waals surface area contributed by atoms with Crippen LogP contribution in [0, 0.1) is 11.8 Å². The minimum atomic E-state index is -0.673. The lowest BCUT2D eigenvalue weighted by molar-refractivity contribution is -0.135. The Morgan fingerprint density at radius 2 is 1.56 bits per heavy atom. The number of imidazole rings is 1. The van der Waals surface area contributed by atoms with Crippen molar-refractivity contribution in [3.8, 4) is 22.4 Å². The normalized spacial score (nSPS) is 21.7. The quantitative estimate of drug-likeness (QED) is 0.363. The molecule has 5 rings (SSSR count). The number of methoxy groups -OCH3 is 1. The summed E-state index contributed by atoms with van der Waals surface area (Å²) in [5, 5.41) is 2.71. The van der Waals surface area contributed by atoms with Gasteiger partial charge in [-0.25, -0.2) is 9.78 Å². The van der Waals surface area contributed by atoms with Crippen LogP contribution in [0.25, 0.3) is 22.4 Å². The fourth-order valence-corrected chi connectivity index (χ4v) is 5.73. The van der Waals surface area contributed by atoms with E-state index in [1.807, 2.05) is 24.9 Å². The number of amides is 2. The SMILES string of the molecule is COC(=O)N[C@H](C(=O)N1C[C@@H](C)CC1c1ncc(-c2ccc(-c3ccc(B4OC(C)(C)C(C)(C)O4)cc3)cc2)[nH]1)C(C)C. The van der Waals surface area contributed by atoms with Gasteiger partial charge in [0.2, 0.25) is 5.91 Å². The van der Waals surface area contributed by atoms with Crippen molar-refractivity contribution in [2.24, 2.45) is 11.8 Å². The number of ether oxygens (including phenoxy) is 1. The number of H-pyrrole nitrogens is 1. The molecule has 2 aliphatic rings. The van der Waals surface area contributed by atoms with Crippen molar-refractivity contribution in [1.82, 2.24) is 20.2 Å². The van der Waals surface area contributed by atoms with Crippen LogP contribution in [-0.4, -0.2) is 64.9 Å². The van der Waals surface area contributed by atoms with E-state index in [-0.39, 0.29) is 36.2 Å². The third-order valence-electron chi connectivity index (χ3n) is 9.06. The monoisotopic (exact) mass is 586 g/mol. The number of hydrogen-bond acceptors (Lipinski definition) is 6. The van der Waals surface area contributed by atoms with E-state index in [0.29, 0.717) is 12.5 Å². The van der Waals surface area contributed by atoms with Crippen LogP contribution < -0.4 is 10.8 Å². The molecule has 2 amide bonds. The van der Waals surface area contributed by atoms with E-state index in [0.717, 1.165) is 40.1 Å². The van der Waals surface area contributed by atoms with Gasteiger partial charge in [0.1, 0.15) is 11.9 Å². The van der Waals surface area contributed by atoms with Crippen LogP contribution in [0.5, 0.6) is 0 Å². The number of aromatic nitrogens is 2. The summed E-state index contributed by atoms with van der Waals surface area (Å²) in [5.74, 6) is 0.842. The number of carbonyl (C=O) groups excluding carboxylic acids is 2. The summed E-state index contributed by atoms with van der Waals surface area (Å²) >= 11 is 0. The molecule has 2 fully saturated rings. The van der Waals surface area contributed by atoms with Gasteiger partial charge in [0, 0.05) is 6.54 Å². The molecule has 3 aromatic rings. The van der Waals surface area contributed by atoms with Gasteiger partial charge in [0.15, 0.2) is 0 Å². The second kappa shape index (κ2) is 11.8. The number of rotatable bonds is 7. The highest BCUT2D eigenvalue weighted by molar-refractivity contribution is 6.62. The summed E-state index contributed by atoms with van der Waals surface area (Å²) in [6.45, 7) is 14.8. The molecule has 228 valence electrons. The standard InChI is InChI=1S/C33H43BN4O5/c1-20(2)28(37-31(40)41-8)30(39)38-19-21(3)17-27(38)29-35-18-26(36-29)24-11-9-22(10-12-24)23-13-15-25(16-14-23)34-42-32(4,5)33(6,7)43-34/h9-16,18,20-21,27-28H,17,19H2,1-8H3,(H,35,36)(H,37,40)/t21-,27?,28-/m0/s1. The Labute approximate surface area is 254 Å². The molecular weight excluding hydrogens is 543 g/mol. The topological polar surface area (TPSA) is 106 Å². The summed E-state index contributed by atoms with van der Waals surface area (Å²) < 4.78 is 17.1. The number of nitrogens with one attached hydrogen (secondary N) is 2. The summed E-state index contributed by atoms with van der Waals surface area (Å²) in [6.07, 6.45) is 2.00. The predicted molar refractivity (Wildman–Crippen MR) is 168 cm³/mol. The van der Waals surface area contributed by atoms with E-state index in [2.05, 4.69) is 98.4 Å². The van der Waals surface area contributed by atoms with E-state index in [1.54, 1.807) is 0 Å². The molecule has 1 unspecified atom stereocenters. The fourth-order valence-electron chi connectivity index (χ4n) is 5.73. The van der Waals surface area contributed by atoms with Crippen LogP contribution in [0.2, 0.25) is 0 Å². The third kappa shape index (κ3) is 6.22. The van der Waals surface area contributed by atoms with Gasteiger partial charge in [0.25, 0.3) is 0 Å². The van der Waals surface area contributed by atoms with Gasteiger partial charge < -0.3 is 29.2 Å². The lowest BCUT2D eigenvalue weighted by Gasteiger charge is -2.32. The van der Waals surface area contributed by atoms with Gasteiger partial charge in [-0.05, 0) is 68.1 Å². The van der Waals surface area contributed by atoms with Crippen LogP contribution in [0.15, 0.2) is 54.7 Å². The van der Waals surface area contributed by atoms with E-state index < -0.39 is 12.1 Å².